The van der Waals surface area contributed by atoms with Crippen molar-refractivity contribution in [2.75, 3.05) is 33.0 Å². The van der Waals surface area contributed by atoms with Crippen LogP contribution in [0.2, 0.25) is 0 Å². The average molecular weight is 279 g/mol. The predicted octanol–water partition coefficient (Wildman–Crippen LogP) is 0.984. The second kappa shape index (κ2) is 7.38. The van der Waals surface area contributed by atoms with Gasteiger partial charge in [-0.05, 0) is 12.5 Å². The van der Waals surface area contributed by atoms with Crippen LogP contribution >= 0.6 is 0 Å². The molecule has 1 aromatic rings. The van der Waals surface area contributed by atoms with Crippen molar-refractivity contribution in [2.24, 2.45) is 0 Å². The first kappa shape index (κ1) is 15.0. The molecule has 1 N–H and O–H groups in total. The Labute approximate surface area is 119 Å². The maximum atomic E-state index is 12.3. The van der Waals surface area contributed by atoms with Gasteiger partial charge in [-0.2, -0.15) is 0 Å². The first-order chi connectivity index (χ1) is 9.77. The normalized spacial score (nSPS) is 21.4. The molecule has 0 aromatic heterocycles. The molecule has 110 valence electrons. The van der Waals surface area contributed by atoms with Gasteiger partial charge in [0, 0.05) is 6.54 Å². The van der Waals surface area contributed by atoms with Crippen molar-refractivity contribution in [2.45, 2.75) is 19.0 Å². The minimum atomic E-state index is -0.489. The number of aliphatic hydroxyl groups is 1. The Bertz CT molecular complexity index is 423. The minimum Gasteiger partial charge on any atom is -0.465 e. The summed E-state index contributed by atoms with van der Waals surface area (Å²) < 4.78 is 10.6. The number of hydrogen-bond acceptors (Lipinski definition) is 5. The van der Waals surface area contributed by atoms with Crippen LogP contribution in [0.1, 0.15) is 18.5 Å². The lowest BCUT2D eigenvalue weighted by Gasteiger charge is -2.39. The summed E-state index contributed by atoms with van der Waals surface area (Å²) in [4.78, 5) is 14.3. The highest BCUT2D eigenvalue weighted by atomic mass is 16.5. The number of ether oxygens (including phenoxy) is 2. The lowest BCUT2D eigenvalue weighted by Crippen LogP contribution is -2.51. The van der Waals surface area contributed by atoms with Crippen molar-refractivity contribution >= 4 is 5.97 Å². The predicted molar refractivity (Wildman–Crippen MR) is 74.2 cm³/mol. The molecule has 2 rings (SSSR count). The number of rotatable bonds is 5. The van der Waals surface area contributed by atoms with Crippen LogP contribution in [0.4, 0.5) is 0 Å². The molecule has 5 heteroatoms. The Morgan fingerprint density at radius 3 is 2.90 bits per heavy atom. The third-order valence-corrected chi connectivity index (χ3v) is 3.44. The largest absolute Gasteiger partial charge is 0.465 e. The van der Waals surface area contributed by atoms with E-state index >= 15 is 0 Å². The monoisotopic (exact) mass is 279 g/mol. The fraction of sp³-hybridized carbons (Fsp3) is 0.533. The maximum absolute atomic E-state index is 12.3. The molecule has 0 radical (unpaired) electrons. The average Bonchev–Trinajstić information content (AvgIpc) is 2.49. The molecule has 0 amide bonds. The van der Waals surface area contributed by atoms with Gasteiger partial charge in [-0.3, -0.25) is 4.90 Å². The lowest BCUT2D eigenvalue weighted by molar-refractivity contribution is -0.155. The van der Waals surface area contributed by atoms with E-state index in [0.717, 1.165) is 5.56 Å². The number of morpholine rings is 1. The number of esters is 1. The first-order valence-electron chi connectivity index (χ1n) is 6.93. The molecule has 2 unspecified atom stereocenters. The van der Waals surface area contributed by atoms with E-state index < -0.39 is 6.04 Å². The van der Waals surface area contributed by atoms with Crippen LogP contribution in [0.5, 0.6) is 0 Å². The molecular formula is C15H21NO4. The second-order valence-corrected chi connectivity index (χ2v) is 4.71. The maximum Gasteiger partial charge on any atom is 0.328 e. The van der Waals surface area contributed by atoms with Gasteiger partial charge in [0.05, 0.1) is 32.5 Å². The SMILES string of the molecule is CCOC(=O)C(c1ccccc1)N1CCOCC1CO. The van der Waals surface area contributed by atoms with Crippen LogP contribution < -0.4 is 0 Å². The minimum absolute atomic E-state index is 0.0389. The van der Waals surface area contributed by atoms with Gasteiger partial charge in [-0.25, -0.2) is 4.79 Å². The molecule has 1 fully saturated rings. The molecule has 20 heavy (non-hydrogen) atoms. The molecule has 0 saturated carbocycles. The molecule has 2 atom stereocenters. The number of carbonyl (C=O) groups is 1. The van der Waals surface area contributed by atoms with E-state index in [-0.39, 0.29) is 18.6 Å². The highest BCUT2D eigenvalue weighted by Crippen LogP contribution is 2.26. The summed E-state index contributed by atoms with van der Waals surface area (Å²) in [5.41, 5.74) is 0.881. The van der Waals surface area contributed by atoms with Crippen LogP contribution in [0.15, 0.2) is 30.3 Å². The van der Waals surface area contributed by atoms with Gasteiger partial charge < -0.3 is 14.6 Å². The quantitative estimate of drug-likeness (QED) is 0.814. The van der Waals surface area contributed by atoms with Gasteiger partial charge in [0.25, 0.3) is 0 Å². The Morgan fingerprint density at radius 1 is 1.50 bits per heavy atom. The Morgan fingerprint density at radius 2 is 2.25 bits per heavy atom. The van der Waals surface area contributed by atoms with Gasteiger partial charge in [-0.1, -0.05) is 30.3 Å². The molecule has 0 aliphatic carbocycles. The van der Waals surface area contributed by atoms with Gasteiger partial charge in [-0.15, -0.1) is 0 Å². The molecule has 1 aliphatic rings. The van der Waals surface area contributed by atoms with E-state index in [1.165, 1.54) is 0 Å². The van der Waals surface area contributed by atoms with Crippen molar-refractivity contribution in [1.82, 2.24) is 4.90 Å². The Hall–Kier alpha value is -1.43. The van der Waals surface area contributed by atoms with E-state index in [1.54, 1.807) is 6.92 Å². The van der Waals surface area contributed by atoms with Crippen LogP contribution in [-0.4, -0.2) is 55.0 Å². The smallest absolute Gasteiger partial charge is 0.328 e. The number of carbonyl (C=O) groups excluding carboxylic acids is 1. The highest BCUT2D eigenvalue weighted by molar-refractivity contribution is 5.77. The second-order valence-electron chi connectivity index (χ2n) is 4.71. The van der Waals surface area contributed by atoms with Crippen LogP contribution in [-0.2, 0) is 14.3 Å². The molecule has 1 saturated heterocycles. The van der Waals surface area contributed by atoms with E-state index in [9.17, 15) is 9.90 Å². The molecule has 1 aliphatic heterocycles. The molecule has 0 bridgehead atoms. The van der Waals surface area contributed by atoms with Crippen molar-refractivity contribution in [1.29, 1.82) is 0 Å². The zero-order valence-electron chi connectivity index (χ0n) is 11.7. The fourth-order valence-corrected chi connectivity index (χ4v) is 2.48. The summed E-state index contributed by atoms with van der Waals surface area (Å²) in [5.74, 6) is -0.279. The van der Waals surface area contributed by atoms with Crippen molar-refractivity contribution in [3.05, 3.63) is 35.9 Å². The third kappa shape index (κ3) is 3.36. The summed E-state index contributed by atoms with van der Waals surface area (Å²) in [6.45, 7) is 3.68. The summed E-state index contributed by atoms with van der Waals surface area (Å²) >= 11 is 0. The van der Waals surface area contributed by atoms with Crippen molar-refractivity contribution in [3.63, 3.8) is 0 Å². The van der Waals surface area contributed by atoms with Gasteiger partial charge >= 0.3 is 5.97 Å². The molecule has 5 nitrogen and oxygen atoms in total. The zero-order chi connectivity index (χ0) is 14.4. The van der Waals surface area contributed by atoms with Crippen molar-refractivity contribution < 1.29 is 19.4 Å². The lowest BCUT2D eigenvalue weighted by atomic mass is 10.0. The van der Waals surface area contributed by atoms with E-state index in [4.69, 9.17) is 9.47 Å². The topological polar surface area (TPSA) is 59.0 Å². The standard InChI is InChI=1S/C15H21NO4/c1-2-20-15(18)14(12-6-4-3-5-7-12)16-8-9-19-11-13(16)10-17/h3-7,13-14,17H,2,8-11H2,1H3. The first-order valence-corrected chi connectivity index (χ1v) is 6.93. The number of hydrogen-bond donors (Lipinski definition) is 1. The summed E-state index contributed by atoms with van der Waals surface area (Å²) in [6.07, 6.45) is 0. The van der Waals surface area contributed by atoms with E-state index in [2.05, 4.69) is 0 Å². The van der Waals surface area contributed by atoms with Gasteiger partial charge in [0.2, 0.25) is 0 Å². The summed E-state index contributed by atoms with van der Waals surface area (Å²) in [5, 5.41) is 9.50. The number of benzene rings is 1. The number of nitrogens with zero attached hydrogens (tertiary/aromatic N) is 1. The van der Waals surface area contributed by atoms with Crippen LogP contribution in [0.25, 0.3) is 0 Å². The third-order valence-electron chi connectivity index (χ3n) is 3.44. The highest BCUT2D eigenvalue weighted by Gasteiger charge is 2.35. The molecule has 1 aromatic carbocycles. The summed E-state index contributed by atoms with van der Waals surface area (Å²) in [7, 11) is 0. The molecule has 0 spiro atoms. The van der Waals surface area contributed by atoms with E-state index in [1.807, 2.05) is 35.2 Å². The van der Waals surface area contributed by atoms with Crippen LogP contribution in [0.3, 0.4) is 0 Å². The molecular weight excluding hydrogens is 258 g/mol. The number of aliphatic hydroxyl groups excluding tert-OH is 1. The van der Waals surface area contributed by atoms with Gasteiger partial charge in [0.1, 0.15) is 6.04 Å². The Balaban J connectivity index is 2.28. The van der Waals surface area contributed by atoms with Crippen molar-refractivity contribution in [3.8, 4) is 0 Å². The van der Waals surface area contributed by atoms with E-state index in [0.29, 0.717) is 26.4 Å². The van der Waals surface area contributed by atoms with Gasteiger partial charge in [0.15, 0.2) is 0 Å². The fourth-order valence-electron chi connectivity index (χ4n) is 2.48. The molecule has 1 heterocycles. The summed E-state index contributed by atoms with van der Waals surface area (Å²) in [6, 6.07) is 8.85. The van der Waals surface area contributed by atoms with Crippen LogP contribution in [0, 0.1) is 0 Å². The Kier molecular flexibility index (Phi) is 5.52. The zero-order valence-corrected chi connectivity index (χ0v) is 11.7.